The number of aromatic nitrogens is 1. The molecule has 0 bridgehead atoms. The molecule has 1 heterocycles. The number of nitrogen functional groups attached to an aromatic ring is 1. The van der Waals surface area contributed by atoms with Gasteiger partial charge in [-0.1, -0.05) is 12.1 Å². The summed E-state index contributed by atoms with van der Waals surface area (Å²) < 4.78 is 15.4. The van der Waals surface area contributed by atoms with Gasteiger partial charge >= 0.3 is 0 Å². The normalized spacial score (nSPS) is 10.5. The van der Waals surface area contributed by atoms with Crippen molar-refractivity contribution >= 4 is 5.82 Å². The van der Waals surface area contributed by atoms with Crippen molar-refractivity contribution < 1.29 is 4.39 Å². The van der Waals surface area contributed by atoms with E-state index < -0.39 is 0 Å². The molecule has 3 heteroatoms. The highest BCUT2D eigenvalue weighted by Crippen LogP contribution is 2.25. The second-order valence-corrected chi connectivity index (χ2v) is 3.37. The van der Waals surface area contributed by atoms with Gasteiger partial charge in [-0.3, -0.25) is 0 Å². The summed E-state index contributed by atoms with van der Waals surface area (Å²) in [6, 6.07) is 10.4. The Morgan fingerprint density at radius 3 is 2.60 bits per heavy atom. The van der Waals surface area contributed by atoms with E-state index in [1.165, 1.54) is 6.07 Å². The molecule has 2 aromatic rings. The molecule has 15 heavy (non-hydrogen) atoms. The minimum Gasteiger partial charge on any atom is -0.385 e. The first kappa shape index (κ1) is 9.77. The number of benzene rings is 1. The van der Waals surface area contributed by atoms with E-state index in [-0.39, 0.29) is 5.82 Å². The first-order valence-electron chi connectivity index (χ1n) is 4.94. The van der Waals surface area contributed by atoms with Gasteiger partial charge in [0.05, 0.1) is 5.69 Å². The van der Waals surface area contributed by atoms with Gasteiger partial charge in [0, 0.05) is 12.1 Å². The van der Waals surface area contributed by atoms with Gasteiger partial charge in [-0.05, 0) is 31.2 Å². The van der Waals surface area contributed by atoms with Crippen LogP contribution in [0.25, 0.3) is 11.3 Å². The van der Waals surface area contributed by atoms with Crippen LogP contribution in [0, 0.1) is 5.82 Å². The van der Waals surface area contributed by atoms with Crippen LogP contribution in [0.15, 0.2) is 36.4 Å². The van der Waals surface area contributed by atoms with Crippen molar-refractivity contribution in [2.45, 2.75) is 13.5 Å². The van der Waals surface area contributed by atoms with Gasteiger partial charge in [0.15, 0.2) is 0 Å². The quantitative estimate of drug-likeness (QED) is 0.801. The fourth-order valence-corrected chi connectivity index (χ4v) is 1.74. The number of rotatable bonds is 2. The Kier molecular flexibility index (Phi) is 2.46. The molecule has 2 rings (SSSR count). The highest BCUT2D eigenvalue weighted by atomic mass is 19.1. The average molecular weight is 204 g/mol. The van der Waals surface area contributed by atoms with Crippen molar-refractivity contribution in [3.8, 4) is 11.3 Å². The minimum atomic E-state index is -0.217. The van der Waals surface area contributed by atoms with Gasteiger partial charge in [0.2, 0.25) is 0 Å². The zero-order valence-electron chi connectivity index (χ0n) is 8.57. The fraction of sp³-hybridized carbons (Fsp3) is 0.167. The molecule has 1 aromatic heterocycles. The molecule has 0 unspecified atom stereocenters. The third-order valence-electron chi connectivity index (χ3n) is 2.48. The average Bonchev–Trinajstić information content (AvgIpc) is 2.60. The van der Waals surface area contributed by atoms with Gasteiger partial charge in [0.1, 0.15) is 11.6 Å². The van der Waals surface area contributed by atoms with E-state index in [0.29, 0.717) is 11.4 Å². The van der Waals surface area contributed by atoms with Gasteiger partial charge in [-0.15, -0.1) is 0 Å². The number of nitrogens with zero attached hydrogens (tertiary/aromatic N) is 1. The summed E-state index contributed by atoms with van der Waals surface area (Å²) in [5.74, 6) is 0.445. The molecule has 0 amide bonds. The molecule has 0 spiro atoms. The Labute approximate surface area is 88.1 Å². The van der Waals surface area contributed by atoms with Crippen LogP contribution >= 0.6 is 0 Å². The van der Waals surface area contributed by atoms with Gasteiger partial charge in [0.25, 0.3) is 0 Å². The molecule has 0 fully saturated rings. The van der Waals surface area contributed by atoms with Crippen LogP contribution in [-0.2, 0) is 6.54 Å². The lowest BCUT2D eigenvalue weighted by Gasteiger charge is -2.09. The maximum atomic E-state index is 13.5. The highest BCUT2D eigenvalue weighted by molar-refractivity contribution is 5.64. The second-order valence-electron chi connectivity index (χ2n) is 3.37. The van der Waals surface area contributed by atoms with Crippen molar-refractivity contribution in [3.05, 3.63) is 42.2 Å². The Bertz CT molecular complexity index is 474. The fourth-order valence-electron chi connectivity index (χ4n) is 1.74. The van der Waals surface area contributed by atoms with Gasteiger partial charge < -0.3 is 10.3 Å². The van der Waals surface area contributed by atoms with Crippen LogP contribution in [0.3, 0.4) is 0 Å². The molecule has 78 valence electrons. The Hall–Kier alpha value is -1.77. The molecule has 0 saturated carbocycles. The molecule has 0 aliphatic heterocycles. The van der Waals surface area contributed by atoms with E-state index in [1.807, 2.05) is 23.6 Å². The van der Waals surface area contributed by atoms with E-state index in [0.717, 1.165) is 12.2 Å². The van der Waals surface area contributed by atoms with Crippen LogP contribution < -0.4 is 5.73 Å². The summed E-state index contributed by atoms with van der Waals surface area (Å²) in [7, 11) is 0. The van der Waals surface area contributed by atoms with E-state index in [9.17, 15) is 4.39 Å². The number of halogens is 1. The molecular weight excluding hydrogens is 191 g/mol. The van der Waals surface area contributed by atoms with Crippen molar-refractivity contribution in [1.82, 2.24) is 4.57 Å². The molecule has 0 aliphatic carbocycles. The summed E-state index contributed by atoms with van der Waals surface area (Å²) in [6.07, 6.45) is 0. The van der Waals surface area contributed by atoms with Crippen molar-refractivity contribution in [1.29, 1.82) is 0 Å². The number of hydrogen-bond donors (Lipinski definition) is 1. The third kappa shape index (κ3) is 1.61. The van der Waals surface area contributed by atoms with E-state index in [4.69, 9.17) is 5.73 Å². The van der Waals surface area contributed by atoms with E-state index >= 15 is 0 Å². The smallest absolute Gasteiger partial charge is 0.132 e. The van der Waals surface area contributed by atoms with Crippen LogP contribution in [-0.4, -0.2) is 4.57 Å². The number of hydrogen-bond acceptors (Lipinski definition) is 1. The topological polar surface area (TPSA) is 30.9 Å². The Morgan fingerprint density at radius 1 is 1.20 bits per heavy atom. The molecule has 2 N–H and O–H groups in total. The maximum absolute atomic E-state index is 13.5. The van der Waals surface area contributed by atoms with Gasteiger partial charge in [-0.2, -0.15) is 0 Å². The molecule has 0 saturated heterocycles. The summed E-state index contributed by atoms with van der Waals surface area (Å²) in [5, 5.41) is 0. The first-order valence-corrected chi connectivity index (χ1v) is 4.94. The number of anilines is 1. The second kappa shape index (κ2) is 3.77. The summed E-state index contributed by atoms with van der Waals surface area (Å²) >= 11 is 0. The largest absolute Gasteiger partial charge is 0.385 e. The number of nitrogens with two attached hydrogens (primary N) is 1. The highest BCUT2D eigenvalue weighted by Gasteiger charge is 2.09. The molecule has 0 radical (unpaired) electrons. The Balaban J connectivity index is 2.59. The van der Waals surface area contributed by atoms with Gasteiger partial charge in [-0.25, -0.2) is 4.39 Å². The van der Waals surface area contributed by atoms with Crippen molar-refractivity contribution in [2.24, 2.45) is 0 Å². The van der Waals surface area contributed by atoms with E-state index in [2.05, 4.69) is 0 Å². The third-order valence-corrected chi connectivity index (χ3v) is 2.48. The predicted molar refractivity (Wildman–Crippen MR) is 59.9 cm³/mol. The zero-order chi connectivity index (χ0) is 10.8. The monoisotopic (exact) mass is 204 g/mol. The molecule has 0 atom stereocenters. The van der Waals surface area contributed by atoms with Crippen molar-refractivity contribution in [3.63, 3.8) is 0 Å². The van der Waals surface area contributed by atoms with Crippen LogP contribution in [0.1, 0.15) is 6.92 Å². The van der Waals surface area contributed by atoms with Crippen molar-refractivity contribution in [2.75, 3.05) is 5.73 Å². The van der Waals surface area contributed by atoms with Crippen LogP contribution in [0.5, 0.6) is 0 Å². The SMILES string of the molecule is CCn1c(N)ccc1-c1ccccc1F. The Morgan fingerprint density at radius 2 is 1.93 bits per heavy atom. The molecule has 0 aliphatic rings. The van der Waals surface area contributed by atoms with Crippen LogP contribution in [0.2, 0.25) is 0 Å². The standard InChI is InChI=1S/C12H13FN2/c1-2-15-11(7-8-12(15)14)9-5-3-4-6-10(9)13/h3-8H,2,14H2,1H3. The first-order chi connectivity index (χ1) is 7.24. The summed E-state index contributed by atoms with van der Waals surface area (Å²) in [4.78, 5) is 0. The molecule has 1 aromatic carbocycles. The predicted octanol–water partition coefficient (Wildman–Crippen LogP) is 2.90. The maximum Gasteiger partial charge on any atom is 0.132 e. The molecule has 2 nitrogen and oxygen atoms in total. The molecular formula is C12H13FN2. The lowest BCUT2D eigenvalue weighted by atomic mass is 10.1. The lowest BCUT2D eigenvalue weighted by Crippen LogP contribution is -2.02. The summed E-state index contributed by atoms with van der Waals surface area (Å²) in [6.45, 7) is 2.73. The van der Waals surface area contributed by atoms with E-state index in [1.54, 1.807) is 18.2 Å². The van der Waals surface area contributed by atoms with Crippen LogP contribution in [0.4, 0.5) is 10.2 Å². The zero-order valence-corrected chi connectivity index (χ0v) is 8.57. The minimum absolute atomic E-state index is 0.217. The summed E-state index contributed by atoms with van der Waals surface area (Å²) in [5.41, 5.74) is 7.20. The lowest BCUT2D eigenvalue weighted by molar-refractivity contribution is 0.628.